The molecule has 0 bridgehead atoms. The third kappa shape index (κ3) is 4.52. The Kier molecular flexibility index (Phi) is 5.80. The van der Waals surface area contributed by atoms with Gasteiger partial charge in [0.05, 0.1) is 19.2 Å². The highest BCUT2D eigenvalue weighted by Gasteiger charge is 2.31. The summed E-state index contributed by atoms with van der Waals surface area (Å²) in [6, 6.07) is 0.127. The maximum atomic E-state index is 11.8. The number of nitrogens with one attached hydrogen (secondary N) is 1. The van der Waals surface area contributed by atoms with Crippen LogP contribution in [0.5, 0.6) is 0 Å². The van der Waals surface area contributed by atoms with Crippen molar-refractivity contribution in [3.63, 3.8) is 0 Å². The monoisotopic (exact) mass is 337 g/mol. The van der Waals surface area contributed by atoms with Gasteiger partial charge in [-0.15, -0.1) is 0 Å². The average Bonchev–Trinajstić information content (AvgIpc) is 3.32. The molecule has 8 heteroatoms. The molecule has 1 aliphatic heterocycles. The summed E-state index contributed by atoms with van der Waals surface area (Å²) in [6.07, 6.45) is 2.36. The van der Waals surface area contributed by atoms with Gasteiger partial charge in [-0.05, 0) is 19.8 Å². The summed E-state index contributed by atoms with van der Waals surface area (Å²) in [4.78, 5) is 20.9. The topological polar surface area (TPSA) is 83.7 Å². The molecule has 0 aromatic carbocycles. The van der Waals surface area contributed by atoms with E-state index < -0.39 is 0 Å². The minimum atomic E-state index is 0.0551. The predicted molar refractivity (Wildman–Crippen MR) is 87.6 cm³/mol. The van der Waals surface area contributed by atoms with Crippen LogP contribution in [0.4, 0.5) is 0 Å². The van der Waals surface area contributed by atoms with Crippen molar-refractivity contribution < 1.29 is 14.1 Å². The summed E-state index contributed by atoms with van der Waals surface area (Å²) in [5, 5.41) is 6.96. The van der Waals surface area contributed by atoms with Gasteiger partial charge in [-0.25, -0.2) is 0 Å². The molecule has 3 rings (SSSR count). The van der Waals surface area contributed by atoms with Crippen molar-refractivity contribution in [3.05, 3.63) is 11.7 Å². The van der Waals surface area contributed by atoms with Crippen LogP contribution in [0.25, 0.3) is 0 Å². The Morgan fingerprint density at radius 1 is 1.38 bits per heavy atom. The molecule has 0 unspecified atom stereocenters. The van der Waals surface area contributed by atoms with Gasteiger partial charge in [0.2, 0.25) is 11.8 Å². The Hall–Kier alpha value is -1.51. The third-order valence-electron chi connectivity index (χ3n) is 4.71. The van der Waals surface area contributed by atoms with Crippen LogP contribution in [-0.2, 0) is 9.53 Å². The second-order valence-corrected chi connectivity index (χ2v) is 6.60. The maximum Gasteiger partial charge on any atom is 0.243 e. The molecule has 8 nitrogen and oxygen atoms in total. The number of amides is 1. The second kappa shape index (κ2) is 8.04. The minimum Gasteiger partial charge on any atom is -0.383 e. The lowest BCUT2D eigenvalue weighted by Crippen LogP contribution is -2.50. The zero-order chi connectivity index (χ0) is 16.9. The Morgan fingerprint density at radius 3 is 2.79 bits per heavy atom. The van der Waals surface area contributed by atoms with E-state index in [9.17, 15) is 4.79 Å². The fourth-order valence-corrected chi connectivity index (χ4v) is 2.94. The van der Waals surface area contributed by atoms with Crippen molar-refractivity contribution in [2.75, 3.05) is 53.0 Å². The number of methoxy groups -OCH3 is 1. The number of hydrogen-bond acceptors (Lipinski definition) is 7. The van der Waals surface area contributed by atoms with Crippen molar-refractivity contribution in [1.82, 2.24) is 25.3 Å². The number of hydrogen-bond donors (Lipinski definition) is 1. The Labute approximate surface area is 142 Å². The summed E-state index contributed by atoms with van der Waals surface area (Å²) < 4.78 is 10.4. The fraction of sp³-hybridized carbons (Fsp3) is 0.812. The Morgan fingerprint density at radius 2 is 2.12 bits per heavy atom. The molecule has 1 aromatic rings. The van der Waals surface area contributed by atoms with Crippen molar-refractivity contribution in [2.45, 2.75) is 31.7 Å². The highest BCUT2D eigenvalue weighted by atomic mass is 16.5. The molecule has 0 spiro atoms. The summed E-state index contributed by atoms with van der Waals surface area (Å²) in [7, 11) is 1.63. The first-order valence-electron chi connectivity index (χ1n) is 8.73. The normalized spacial score (nSPS) is 20.9. The largest absolute Gasteiger partial charge is 0.383 e. The Bertz CT molecular complexity index is 538. The second-order valence-electron chi connectivity index (χ2n) is 6.60. The molecule has 1 N–H and O–H groups in total. The van der Waals surface area contributed by atoms with Crippen LogP contribution >= 0.6 is 0 Å². The van der Waals surface area contributed by atoms with Crippen LogP contribution in [-0.4, -0.2) is 78.8 Å². The van der Waals surface area contributed by atoms with Crippen LogP contribution in [0, 0.1) is 0 Å². The first kappa shape index (κ1) is 17.3. The quantitative estimate of drug-likeness (QED) is 0.687. The van der Waals surface area contributed by atoms with Crippen molar-refractivity contribution in [3.8, 4) is 0 Å². The molecule has 2 aliphatic rings. The lowest BCUT2D eigenvalue weighted by atomic mass is 10.2. The van der Waals surface area contributed by atoms with Crippen LogP contribution in [0.1, 0.15) is 43.4 Å². The van der Waals surface area contributed by atoms with Gasteiger partial charge in [-0.3, -0.25) is 14.6 Å². The van der Waals surface area contributed by atoms with Crippen molar-refractivity contribution in [1.29, 1.82) is 0 Å². The molecular formula is C16H27N5O3. The zero-order valence-corrected chi connectivity index (χ0v) is 14.5. The lowest BCUT2D eigenvalue weighted by Gasteiger charge is -2.36. The molecule has 134 valence electrons. The van der Waals surface area contributed by atoms with E-state index in [0.717, 1.165) is 32.0 Å². The van der Waals surface area contributed by atoms with Gasteiger partial charge in [0.1, 0.15) is 0 Å². The minimum absolute atomic E-state index is 0.0551. The van der Waals surface area contributed by atoms with Gasteiger partial charge in [-0.1, -0.05) is 5.16 Å². The third-order valence-corrected chi connectivity index (χ3v) is 4.71. The fourth-order valence-electron chi connectivity index (χ4n) is 2.94. The van der Waals surface area contributed by atoms with E-state index in [1.54, 1.807) is 7.11 Å². The van der Waals surface area contributed by atoms with E-state index in [1.807, 2.05) is 0 Å². The number of nitrogens with zero attached hydrogens (tertiary/aromatic N) is 4. The molecule has 1 aromatic heterocycles. The number of rotatable bonds is 8. The molecule has 1 saturated carbocycles. The summed E-state index contributed by atoms with van der Waals surface area (Å²) in [5.74, 6) is 2.15. The first-order chi connectivity index (χ1) is 11.7. The van der Waals surface area contributed by atoms with E-state index in [-0.39, 0.29) is 11.9 Å². The molecule has 1 atom stereocenters. The highest BCUT2D eigenvalue weighted by molar-refractivity contribution is 5.77. The highest BCUT2D eigenvalue weighted by Crippen LogP contribution is 2.38. The molecule has 1 aliphatic carbocycles. The van der Waals surface area contributed by atoms with Gasteiger partial charge in [0.25, 0.3) is 0 Å². The number of piperazine rings is 1. The number of ether oxygens (including phenoxy) is 1. The standard InChI is InChI=1S/C16H27N5O3/c1-12(16-18-15(19-24-16)13-3-4-13)21-8-6-20(7-9-21)11-14(22)17-5-10-23-2/h12-13H,3-11H2,1-2H3,(H,17,22)/t12-/m0/s1. The number of carbonyl (C=O) groups excluding carboxylic acids is 1. The summed E-state index contributed by atoms with van der Waals surface area (Å²) >= 11 is 0. The summed E-state index contributed by atoms with van der Waals surface area (Å²) in [6.45, 7) is 7.19. The Balaban J connectivity index is 1.41. The van der Waals surface area contributed by atoms with Gasteiger partial charge in [0.15, 0.2) is 5.82 Å². The molecule has 0 radical (unpaired) electrons. The van der Waals surface area contributed by atoms with Crippen LogP contribution in [0.15, 0.2) is 4.52 Å². The van der Waals surface area contributed by atoms with E-state index in [2.05, 4.69) is 32.2 Å². The van der Waals surface area contributed by atoms with Gasteiger partial charge < -0.3 is 14.6 Å². The SMILES string of the molecule is COCCNC(=O)CN1CCN([C@@H](C)c2nc(C3CC3)no2)CC1. The molecule has 2 fully saturated rings. The maximum absolute atomic E-state index is 11.8. The van der Waals surface area contributed by atoms with E-state index in [4.69, 9.17) is 9.26 Å². The molecule has 2 heterocycles. The van der Waals surface area contributed by atoms with Crippen molar-refractivity contribution >= 4 is 5.91 Å². The van der Waals surface area contributed by atoms with Gasteiger partial charge in [-0.2, -0.15) is 4.98 Å². The van der Waals surface area contributed by atoms with E-state index >= 15 is 0 Å². The lowest BCUT2D eigenvalue weighted by molar-refractivity contribution is -0.122. The van der Waals surface area contributed by atoms with Crippen molar-refractivity contribution in [2.24, 2.45) is 0 Å². The van der Waals surface area contributed by atoms with Gasteiger partial charge >= 0.3 is 0 Å². The molecule has 24 heavy (non-hydrogen) atoms. The van der Waals surface area contributed by atoms with Crippen LogP contribution in [0.2, 0.25) is 0 Å². The average molecular weight is 337 g/mol. The van der Waals surface area contributed by atoms with E-state index in [1.165, 1.54) is 12.8 Å². The molecular weight excluding hydrogens is 310 g/mol. The number of carbonyl (C=O) groups is 1. The summed E-state index contributed by atoms with van der Waals surface area (Å²) in [5.41, 5.74) is 0. The first-order valence-corrected chi connectivity index (χ1v) is 8.73. The molecule has 1 saturated heterocycles. The number of aromatic nitrogens is 2. The predicted octanol–water partition coefficient (Wildman–Crippen LogP) is 0.388. The van der Waals surface area contributed by atoms with E-state index in [0.29, 0.717) is 31.5 Å². The van der Waals surface area contributed by atoms with Gasteiger partial charge in [0, 0.05) is 45.8 Å². The zero-order valence-electron chi connectivity index (χ0n) is 14.5. The van der Waals surface area contributed by atoms with Crippen LogP contribution < -0.4 is 5.32 Å². The molecule has 1 amide bonds. The van der Waals surface area contributed by atoms with Crippen LogP contribution in [0.3, 0.4) is 0 Å². The smallest absolute Gasteiger partial charge is 0.243 e.